The number of amides is 1. The van der Waals surface area contributed by atoms with Gasteiger partial charge in [-0.2, -0.15) is 0 Å². The second-order valence-electron chi connectivity index (χ2n) is 4.90. The summed E-state index contributed by atoms with van der Waals surface area (Å²) in [5.41, 5.74) is 0. The summed E-state index contributed by atoms with van der Waals surface area (Å²) in [6.07, 6.45) is 4.83. The van der Waals surface area contributed by atoms with Crippen molar-refractivity contribution in [1.82, 2.24) is 9.88 Å². The van der Waals surface area contributed by atoms with Crippen molar-refractivity contribution >= 4 is 21.8 Å². The van der Waals surface area contributed by atoms with Crippen molar-refractivity contribution in [3.63, 3.8) is 0 Å². The van der Waals surface area contributed by atoms with Crippen LogP contribution in [0.5, 0.6) is 5.88 Å². The number of likely N-dealkylation sites (tertiary alicyclic amines) is 1. The monoisotopic (exact) mass is 310 g/mol. The van der Waals surface area contributed by atoms with Gasteiger partial charge in [0.2, 0.25) is 11.8 Å². The van der Waals surface area contributed by atoms with Gasteiger partial charge in [-0.3, -0.25) is 4.79 Å². The molecule has 1 aliphatic carbocycles. The molecule has 1 aliphatic heterocycles. The maximum Gasteiger partial charge on any atom is 0.225 e. The Morgan fingerprint density at radius 3 is 2.89 bits per heavy atom. The van der Waals surface area contributed by atoms with Gasteiger partial charge in [0.05, 0.1) is 6.54 Å². The normalized spacial score (nSPS) is 23.2. The van der Waals surface area contributed by atoms with Gasteiger partial charge in [-0.05, 0) is 34.8 Å². The van der Waals surface area contributed by atoms with Crippen molar-refractivity contribution in [2.75, 3.05) is 13.1 Å². The summed E-state index contributed by atoms with van der Waals surface area (Å²) in [6.45, 7) is 1.52. The Labute approximate surface area is 114 Å². The highest BCUT2D eigenvalue weighted by Crippen LogP contribution is 2.32. The summed E-state index contributed by atoms with van der Waals surface area (Å²) >= 11 is 3.34. The number of halogens is 1. The molecule has 96 valence electrons. The first-order valence-corrected chi connectivity index (χ1v) is 7.08. The highest BCUT2D eigenvalue weighted by molar-refractivity contribution is 9.10. The Hall–Kier alpha value is -1.10. The molecule has 1 aromatic heterocycles. The lowest BCUT2D eigenvalue weighted by Gasteiger charge is -2.16. The van der Waals surface area contributed by atoms with Crippen LogP contribution in [-0.4, -0.2) is 35.0 Å². The third kappa shape index (κ3) is 2.66. The van der Waals surface area contributed by atoms with Crippen molar-refractivity contribution in [3.8, 4) is 5.88 Å². The van der Waals surface area contributed by atoms with Crippen LogP contribution >= 0.6 is 15.9 Å². The molecule has 1 saturated carbocycles. The fourth-order valence-corrected chi connectivity index (χ4v) is 2.45. The lowest BCUT2D eigenvalue weighted by Crippen LogP contribution is -2.32. The third-order valence-corrected chi connectivity index (χ3v) is 3.84. The van der Waals surface area contributed by atoms with Gasteiger partial charge in [-0.15, -0.1) is 0 Å². The van der Waals surface area contributed by atoms with Crippen LogP contribution < -0.4 is 4.74 Å². The summed E-state index contributed by atoms with van der Waals surface area (Å²) in [4.78, 5) is 18.0. The number of hydrogen-bond donors (Lipinski definition) is 0. The molecule has 1 saturated heterocycles. The average molecular weight is 311 g/mol. The summed E-state index contributed by atoms with van der Waals surface area (Å²) in [5.74, 6) is 1.24. The highest BCUT2D eigenvalue weighted by atomic mass is 79.9. The number of carbonyl (C=O) groups excluding carboxylic acids is 1. The number of ether oxygens (including phenoxy) is 1. The van der Waals surface area contributed by atoms with Crippen LogP contribution in [0.25, 0.3) is 0 Å². The van der Waals surface area contributed by atoms with E-state index in [2.05, 4.69) is 20.9 Å². The van der Waals surface area contributed by atoms with Crippen molar-refractivity contribution in [3.05, 3.63) is 22.8 Å². The quantitative estimate of drug-likeness (QED) is 0.860. The molecule has 0 radical (unpaired) electrons. The summed E-state index contributed by atoms with van der Waals surface area (Å²) in [5, 5.41) is 0. The number of aromatic nitrogens is 1. The maximum absolute atomic E-state index is 11.9. The Kier molecular flexibility index (Phi) is 3.24. The van der Waals surface area contributed by atoms with E-state index < -0.39 is 0 Å². The summed E-state index contributed by atoms with van der Waals surface area (Å²) < 4.78 is 6.72. The van der Waals surface area contributed by atoms with E-state index in [4.69, 9.17) is 4.74 Å². The molecule has 4 nitrogen and oxygen atoms in total. The SMILES string of the molecule is O=C(C1CC1)N1CCC(Oc2ccc(Br)cn2)C1. The lowest BCUT2D eigenvalue weighted by molar-refractivity contribution is -0.131. The molecule has 1 atom stereocenters. The van der Waals surface area contributed by atoms with Crippen LogP contribution in [0, 0.1) is 5.92 Å². The van der Waals surface area contributed by atoms with Gasteiger partial charge in [-0.25, -0.2) is 4.98 Å². The number of hydrogen-bond acceptors (Lipinski definition) is 3. The fourth-order valence-electron chi connectivity index (χ4n) is 2.22. The van der Waals surface area contributed by atoms with Crippen LogP contribution in [0.3, 0.4) is 0 Å². The van der Waals surface area contributed by atoms with Crippen molar-refractivity contribution in [1.29, 1.82) is 0 Å². The van der Waals surface area contributed by atoms with Gasteiger partial charge >= 0.3 is 0 Å². The van der Waals surface area contributed by atoms with E-state index in [0.717, 1.165) is 30.3 Å². The van der Waals surface area contributed by atoms with Crippen LogP contribution in [0.2, 0.25) is 0 Å². The van der Waals surface area contributed by atoms with Gasteiger partial charge in [0, 0.05) is 35.6 Å². The van der Waals surface area contributed by atoms with Crippen LogP contribution in [0.1, 0.15) is 19.3 Å². The predicted octanol–water partition coefficient (Wildman–Crippen LogP) is 2.23. The van der Waals surface area contributed by atoms with Gasteiger partial charge in [0.15, 0.2) is 0 Å². The topological polar surface area (TPSA) is 42.4 Å². The molecule has 0 N–H and O–H groups in total. The Bertz CT molecular complexity index is 445. The van der Waals surface area contributed by atoms with E-state index in [1.165, 1.54) is 0 Å². The minimum absolute atomic E-state index is 0.0846. The second kappa shape index (κ2) is 4.88. The van der Waals surface area contributed by atoms with Crippen LogP contribution in [-0.2, 0) is 4.79 Å². The molecule has 0 spiro atoms. The Balaban J connectivity index is 1.55. The minimum Gasteiger partial charge on any atom is -0.472 e. The fraction of sp³-hybridized carbons (Fsp3) is 0.538. The van der Waals surface area contributed by atoms with Gasteiger partial charge in [0.1, 0.15) is 6.10 Å². The van der Waals surface area contributed by atoms with E-state index >= 15 is 0 Å². The van der Waals surface area contributed by atoms with E-state index in [1.807, 2.05) is 17.0 Å². The zero-order chi connectivity index (χ0) is 12.5. The number of nitrogens with zero attached hydrogens (tertiary/aromatic N) is 2. The minimum atomic E-state index is 0.0846. The Morgan fingerprint density at radius 1 is 1.39 bits per heavy atom. The first-order valence-electron chi connectivity index (χ1n) is 6.29. The third-order valence-electron chi connectivity index (χ3n) is 3.37. The summed E-state index contributed by atoms with van der Waals surface area (Å²) in [6, 6.07) is 3.75. The zero-order valence-electron chi connectivity index (χ0n) is 10.0. The molecule has 1 aromatic rings. The molecule has 2 fully saturated rings. The van der Waals surface area contributed by atoms with Gasteiger partial charge in [0.25, 0.3) is 0 Å². The summed E-state index contributed by atoms with van der Waals surface area (Å²) in [7, 11) is 0. The van der Waals surface area contributed by atoms with Gasteiger partial charge in [-0.1, -0.05) is 0 Å². The number of pyridine rings is 1. The molecule has 0 aromatic carbocycles. The van der Waals surface area contributed by atoms with E-state index in [0.29, 0.717) is 24.2 Å². The van der Waals surface area contributed by atoms with Gasteiger partial charge < -0.3 is 9.64 Å². The number of carbonyl (C=O) groups is 1. The van der Waals surface area contributed by atoms with Crippen molar-refractivity contribution in [2.45, 2.75) is 25.4 Å². The molecular weight excluding hydrogens is 296 g/mol. The first-order chi connectivity index (χ1) is 8.72. The lowest BCUT2D eigenvalue weighted by atomic mass is 10.3. The van der Waals surface area contributed by atoms with E-state index in [-0.39, 0.29) is 6.10 Å². The average Bonchev–Trinajstić information content (AvgIpc) is 3.12. The smallest absolute Gasteiger partial charge is 0.225 e. The van der Waals surface area contributed by atoms with Crippen molar-refractivity contribution < 1.29 is 9.53 Å². The molecule has 5 heteroatoms. The maximum atomic E-state index is 11.9. The molecule has 0 bridgehead atoms. The molecular formula is C13H15BrN2O2. The van der Waals surface area contributed by atoms with E-state index in [9.17, 15) is 4.79 Å². The van der Waals surface area contributed by atoms with Crippen LogP contribution in [0.4, 0.5) is 0 Å². The highest BCUT2D eigenvalue weighted by Gasteiger charge is 2.37. The number of rotatable bonds is 3. The molecule has 1 unspecified atom stereocenters. The standard InChI is InChI=1S/C13H15BrN2O2/c14-10-3-4-12(15-7-10)18-11-5-6-16(8-11)13(17)9-1-2-9/h3-4,7,9,11H,1-2,5-6,8H2. The van der Waals surface area contributed by atoms with E-state index in [1.54, 1.807) is 6.20 Å². The van der Waals surface area contributed by atoms with Crippen molar-refractivity contribution in [2.24, 2.45) is 5.92 Å². The molecule has 2 heterocycles. The Morgan fingerprint density at radius 2 is 2.22 bits per heavy atom. The second-order valence-corrected chi connectivity index (χ2v) is 5.82. The molecule has 18 heavy (non-hydrogen) atoms. The largest absolute Gasteiger partial charge is 0.472 e. The zero-order valence-corrected chi connectivity index (χ0v) is 11.6. The van der Waals surface area contributed by atoms with Crippen LogP contribution in [0.15, 0.2) is 22.8 Å². The molecule has 3 rings (SSSR count). The predicted molar refractivity (Wildman–Crippen MR) is 70.3 cm³/mol. The molecule has 1 amide bonds. The first kappa shape index (κ1) is 12.0. The molecule has 2 aliphatic rings.